The van der Waals surface area contributed by atoms with Crippen molar-refractivity contribution in [3.05, 3.63) is 125 Å². The van der Waals surface area contributed by atoms with Crippen molar-refractivity contribution in [2.45, 2.75) is 26.3 Å². The Labute approximate surface area is 243 Å². The number of amides is 2. The second-order valence-corrected chi connectivity index (χ2v) is 9.72. The van der Waals surface area contributed by atoms with Crippen molar-refractivity contribution in [3.8, 4) is 17.5 Å². The number of nitrogens with zero attached hydrogens (tertiary/aromatic N) is 3. The summed E-state index contributed by atoms with van der Waals surface area (Å²) in [5.41, 5.74) is 3.16. The molecular weight excluding hydrogens is 526 g/mol. The van der Waals surface area contributed by atoms with Gasteiger partial charge in [-0.25, -0.2) is 0 Å². The highest BCUT2D eigenvalue weighted by molar-refractivity contribution is 6.06. The molecule has 8 nitrogen and oxygen atoms in total. The van der Waals surface area contributed by atoms with Crippen LogP contribution in [0.15, 0.2) is 96.6 Å². The minimum atomic E-state index is -0.545. The van der Waals surface area contributed by atoms with Crippen molar-refractivity contribution in [1.82, 2.24) is 25.2 Å². The van der Waals surface area contributed by atoms with Crippen LogP contribution in [0.2, 0.25) is 0 Å². The standard InChI is InChI=1S/C34H29N5O3/c1-4-29(40)35-18-9-8-12-24-13-10-14-25-20-28(39(34(42)31(24)25)27-16-6-5-7-17-27)22(2)38-33(41)30-23(3)37-21-26-15-11-19-36-32(26)30/h4-7,10-11,13-17,19-22H,1,9,18H2,2-3H3,(H,35,40)(H,38,41)/t22-/m1/s1. The average molecular weight is 556 g/mol. The van der Waals surface area contributed by atoms with Crippen LogP contribution >= 0.6 is 0 Å². The van der Waals surface area contributed by atoms with Crippen LogP contribution < -0.4 is 16.2 Å². The van der Waals surface area contributed by atoms with Crippen molar-refractivity contribution in [1.29, 1.82) is 0 Å². The predicted molar refractivity (Wildman–Crippen MR) is 164 cm³/mol. The highest BCUT2D eigenvalue weighted by Gasteiger charge is 2.22. The van der Waals surface area contributed by atoms with Gasteiger partial charge < -0.3 is 10.6 Å². The normalized spacial score (nSPS) is 11.4. The monoisotopic (exact) mass is 555 g/mol. The Morgan fingerprint density at radius 3 is 2.62 bits per heavy atom. The van der Waals surface area contributed by atoms with Gasteiger partial charge in [0.15, 0.2) is 0 Å². The SMILES string of the molecule is C=CC(=O)NCCC#Cc1cccc2cc([C@@H](C)NC(=O)c3c(C)ncc4cccnc34)n(-c3ccccc3)c(=O)c12. The lowest BCUT2D eigenvalue weighted by atomic mass is 10.0. The van der Waals surface area contributed by atoms with E-state index in [1.807, 2.05) is 67.6 Å². The molecule has 0 saturated carbocycles. The van der Waals surface area contributed by atoms with Crippen molar-refractivity contribution in [2.24, 2.45) is 0 Å². The smallest absolute Gasteiger partial charge is 0.264 e. The van der Waals surface area contributed by atoms with E-state index in [0.717, 1.165) is 5.39 Å². The molecule has 3 heterocycles. The molecule has 0 radical (unpaired) electrons. The third-order valence-electron chi connectivity index (χ3n) is 6.90. The van der Waals surface area contributed by atoms with Gasteiger partial charge in [-0.1, -0.05) is 48.8 Å². The summed E-state index contributed by atoms with van der Waals surface area (Å²) in [5.74, 6) is 5.56. The first kappa shape index (κ1) is 28.0. The maximum atomic E-state index is 14.2. The van der Waals surface area contributed by atoms with Gasteiger partial charge in [0.2, 0.25) is 5.91 Å². The first-order chi connectivity index (χ1) is 20.4. The number of carbonyl (C=O) groups excluding carboxylic acids is 2. The van der Waals surface area contributed by atoms with E-state index in [0.29, 0.717) is 57.5 Å². The third-order valence-corrected chi connectivity index (χ3v) is 6.90. The van der Waals surface area contributed by atoms with Gasteiger partial charge in [-0.3, -0.25) is 28.9 Å². The van der Waals surface area contributed by atoms with E-state index >= 15 is 0 Å². The number of carbonyl (C=O) groups is 2. The van der Waals surface area contributed by atoms with Crippen LogP contribution in [0.4, 0.5) is 0 Å². The molecule has 0 bridgehead atoms. The first-order valence-corrected chi connectivity index (χ1v) is 13.5. The summed E-state index contributed by atoms with van der Waals surface area (Å²) in [6, 6.07) is 19.9. The van der Waals surface area contributed by atoms with Crippen LogP contribution in [-0.4, -0.2) is 32.9 Å². The number of aromatic nitrogens is 3. The van der Waals surface area contributed by atoms with Crippen LogP contribution in [0.25, 0.3) is 27.4 Å². The molecule has 0 aliphatic heterocycles. The van der Waals surface area contributed by atoms with Crippen LogP contribution in [0.3, 0.4) is 0 Å². The molecule has 0 fully saturated rings. The maximum Gasteiger partial charge on any atom is 0.264 e. The lowest BCUT2D eigenvalue weighted by molar-refractivity contribution is -0.116. The lowest BCUT2D eigenvalue weighted by Crippen LogP contribution is -2.32. The first-order valence-electron chi connectivity index (χ1n) is 13.5. The Kier molecular flexibility index (Phi) is 8.21. The van der Waals surface area contributed by atoms with E-state index in [1.165, 1.54) is 6.08 Å². The Hall–Kier alpha value is -5.55. The zero-order valence-electron chi connectivity index (χ0n) is 23.3. The van der Waals surface area contributed by atoms with Crippen LogP contribution in [-0.2, 0) is 4.79 Å². The number of nitrogens with one attached hydrogen (secondary N) is 2. The molecule has 5 rings (SSSR count). The van der Waals surface area contributed by atoms with Crippen LogP contribution in [0.1, 0.15) is 46.7 Å². The molecule has 3 aromatic heterocycles. The molecule has 0 spiro atoms. The van der Waals surface area contributed by atoms with Gasteiger partial charge in [-0.05, 0) is 61.7 Å². The quantitative estimate of drug-likeness (QED) is 0.171. The van der Waals surface area contributed by atoms with E-state index < -0.39 is 6.04 Å². The van der Waals surface area contributed by atoms with Crippen molar-refractivity contribution < 1.29 is 9.59 Å². The molecule has 1 atom stereocenters. The number of hydrogen-bond donors (Lipinski definition) is 2. The number of hydrogen-bond acceptors (Lipinski definition) is 5. The maximum absolute atomic E-state index is 14.2. The highest BCUT2D eigenvalue weighted by atomic mass is 16.2. The molecule has 208 valence electrons. The summed E-state index contributed by atoms with van der Waals surface area (Å²) in [4.78, 5) is 48.0. The molecule has 8 heteroatoms. The number of para-hydroxylation sites is 1. The van der Waals surface area contributed by atoms with Gasteiger partial charge in [-0.2, -0.15) is 0 Å². The zero-order valence-corrected chi connectivity index (χ0v) is 23.3. The summed E-state index contributed by atoms with van der Waals surface area (Å²) in [6.07, 6.45) is 4.98. The van der Waals surface area contributed by atoms with E-state index in [4.69, 9.17) is 0 Å². The van der Waals surface area contributed by atoms with E-state index in [1.54, 1.807) is 30.0 Å². The minimum Gasteiger partial charge on any atom is -0.352 e. The largest absolute Gasteiger partial charge is 0.352 e. The number of aryl methyl sites for hydroxylation is 1. The van der Waals surface area contributed by atoms with Gasteiger partial charge in [0.1, 0.15) is 0 Å². The van der Waals surface area contributed by atoms with Crippen molar-refractivity contribution in [3.63, 3.8) is 0 Å². The van der Waals surface area contributed by atoms with Gasteiger partial charge in [0.05, 0.1) is 28.2 Å². The second-order valence-electron chi connectivity index (χ2n) is 9.72. The molecule has 5 aromatic rings. The number of rotatable bonds is 7. The third kappa shape index (κ3) is 5.67. The summed E-state index contributed by atoms with van der Waals surface area (Å²) in [5, 5.41) is 7.72. The number of pyridine rings is 3. The minimum absolute atomic E-state index is 0.246. The predicted octanol–water partition coefficient (Wildman–Crippen LogP) is 4.78. The second kappa shape index (κ2) is 12.3. The van der Waals surface area contributed by atoms with Gasteiger partial charge in [0, 0.05) is 47.7 Å². The topological polar surface area (TPSA) is 106 Å². The lowest BCUT2D eigenvalue weighted by Gasteiger charge is -2.22. The van der Waals surface area contributed by atoms with Crippen LogP contribution in [0.5, 0.6) is 0 Å². The summed E-state index contributed by atoms with van der Waals surface area (Å²) in [7, 11) is 0. The molecule has 0 aliphatic rings. The van der Waals surface area contributed by atoms with Gasteiger partial charge >= 0.3 is 0 Å². The molecule has 0 aliphatic carbocycles. The fourth-order valence-corrected chi connectivity index (χ4v) is 4.87. The molecular formula is C34H29N5O3. The molecule has 0 saturated heterocycles. The fraction of sp³-hybridized carbons (Fsp3) is 0.147. The highest BCUT2D eigenvalue weighted by Crippen LogP contribution is 2.24. The molecule has 2 amide bonds. The number of fused-ring (bicyclic) bond motifs is 2. The van der Waals surface area contributed by atoms with Gasteiger partial charge in [-0.15, -0.1) is 0 Å². The zero-order chi connectivity index (χ0) is 29.6. The van der Waals surface area contributed by atoms with E-state index in [2.05, 4.69) is 39.0 Å². The van der Waals surface area contributed by atoms with Gasteiger partial charge in [0.25, 0.3) is 11.5 Å². The molecule has 0 unspecified atom stereocenters. The van der Waals surface area contributed by atoms with E-state index in [9.17, 15) is 14.4 Å². The van der Waals surface area contributed by atoms with Crippen LogP contribution in [0, 0.1) is 18.8 Å². The Bertz CT molecular complexity index is 1950. The van der Waals surface area contributed by atoms with Crippen molar-refractivity contribution in [2.75, 3.05) is 6.54 Å². The average Bonchev–Trinajstić information content (AvgIpc) is 3.00. The summed E-state index contributed by atoms with van der Waals surface area (Å²) >= 11 is 0. The Balaban J connectivity index is 1.57. The fourth-order valence-electron chi connectivity index (χ4n) is 4.87. The number of benzene rings is 2. The molecule has 2 N–H and O–H groups in total. The molecule has 42 heavy (non-hydrogen) atoms. The Morgan fingerprint density at radius 1 is 1.05 bits per heavy atom. The summed E-state index contributed by atoms with van der Waals surface area (Å²) in [6.45, 7) is 7.44. The summed E-state index contributed by atoms with van der Waals surface area (Å²) < 4.78 is 1.62. The van der Waals surface area contributed by atoms with E-state index in [-0.39, 0.29) is 17.4 Å². The van der Waals surface area contributed by atoms with Crippen molar-refractivity contribution >= 4 is 33.5 Å². The Morgan fingerprint density at radius 2 is 1.83 bits per heavy atom. The molecule has 2 aromatic carbocycles.